The van der Waals surface area contributed by atoms with Crippen LogP contribution in [0.3, 0.4) is 0 Å². The van der Waals surface area contributed by atoms with Crippen molar-refractivity contribution in [2.24, 2.45) is 11.7 Å². The highest BCUT2D eigenvalue weighted by Gasteiger charge is 2.34. The molecular formula is C12H24N2. The Morgan fingerprint density at radius 2 is 2.00 bits per heavy atom. The zero-order valence-electron chi connectivity index (χ0n) is 9.41. The van der Waals surface area contributed by atoms with Crippen LogP contribution in [0, 0.1) is 5.92 Å². The number of piperidine rings is 1. The fourth-order valence-electron chi connectivity index (χ4n) is 3.07. The van der Waals surface area contributed by atoms with E-state index < -0.39 is 0 Å². The second kappa shape index (κ2) is 4.63. The molecule has 0 aromatic rings. The van der Waals surface area contributed by atoms with Crippen molar-refractivity contribution < 1.29 is 0 Å². The maximum atomic E-state index is 5.72. The third-order valence-electron chi connectivity index (χ3n) is 4.16. The summed E-state index contributed by atoms with van der Waals surface area (Å²) in [5, 5.41) is 0. The molecule has 0 aromatic heterocycles. The molecule has 2 nitrogen and oxygen atoms in total. The zero-order valence-corrected chi connectivity index (χ0v) is 9.41. The fourth-order valence-corrected chi connectivity index (χ4v) is 3.07. The third-order valence-corrected chi connectivity index (χ3v) is 4.16. The summed E-state index contributed by atoms with van der Waals surface area (Å²) in [4.78, 5) is 2.77. The van der Waals surface area contributed by atoms with Crippen LogP contribution in [0.5, 0.6) is 0 Å². The highest BCUT2D eigenvalue weighted by Crippen LogP contribution is 2.33. The lowest BCUT2D eigenvalue weighted by molar-refractivity contribution is 0.0202. The van der Waals surface area contributed by atoms with Crippen LogP contribution in [0.1, 0.15) is 45.4 Å². The third kappa shape index (κ3) is 1.96. The number of hydrogen-bond donors (Lipinski definition) is 1. The summed E-state index contributed by atoms with van der Waals surface area (Å²) < 4.78 is 0. The molecule has 2 heteroatoms. The normalized spacial score (nSPS) is 35.6. The van der Waals surface area contributed by atoms with Crippen LogP contribution in [-0.2, 0) is 0 Å². The molecule has 82 valence electrons. The molecule has 0 bridgehead atoms. The van der Waals surface area contributed by atoms with E-state index in [1.54, 1.807) is 0 Å². The molecule has 1 saturated heterocycles. The Hall–Kier alpha value is -0.0800. The van der Waals surface area contributed by atoms with E-state index in [0.29, 0.717) is 0 Å². The quantitative estimate of drug-likeness (QED) is 0.748. The molecule has 0 spiro atoms. The number of likely N-dealkylation sites (tertiary alicyclic amines) is 1. The first-order valence-electron chi connectivity index (χ1n) is 6.28. The summed E-state index contributed by atoms with van der Waals surface area (Å²) in [7, 11) is 0. The van der Waals surface area contributed by atoms with Gasteiger partial charge in [0.1, 0.15) is 0 Å². The Bertz CT molecular complexity index is 171. The van der Waals surface area contributed by atoms with Gasteiger partial charge in [0.15, 0.2) is 0 Å². The summed E-state index contributed by atoms with van der Waals surface area (Å²) in [5.74, 6) is 0.868. The van der Waals surface area contributed by atoms with Crippen LogP contribution in [-0.4, -0.2) is 30.1 Å². The minimum atomic E-state index is 0.791. The summed E-state index contributed by atoms with van der Waals surface area (Å²) in [5.41, 5.74) is 5.72. The average molecular weight is 196 g/mol. The molecule has 2 rings (SSSR count). The maximum Gasteiger partial charge on any atom is 0.0136 e. The van der Waals surface area contributed by atoms with Crippen LogP contribution < -0.4 is 5.73 Å². The predicted octanol–water partition coefficient (Wildman–Crippen LogP) is 1.99. The van der Waals surface area contributed by atoms with Gasteiger partial charge in [0.2, 0.25) is 0 Å². The van der Waals surface area contributed by atoms with Gasteiger partial charge >= 0.3 is 0 Å². The largest absolute Gasteiger partial charge is 0.330 e. The highest BCUT2D eigenvalue weighted by atomic mass is 15.2. The maximum absolute atomic E-state index is 5.72. The lowest BCUT2D eigenvalue weighted by atomic mass is 9.82. The minimum Gasteiger partial charge on any atom is -0.330 e. The van der Waals surface area contributed by atoms with E-state index in [1.165, 1.54) is 45.1 Å². The van der Waals surface area contributed by atoms with Crippen molar-refractivity contribution in [1.29, 1.82) is 0 Å². The first kappa shape index (κ1) is 10.4. The van der Waals surface area contributed by atoms with Crippen LogP contribution >= 0.6 is 0 Å². The van der Waals surface area contributed by atoms with Gasteiger partial charge in [-0.25, -0.2) is 0 Å². The van der Waals surface area contributed by atoms with E-state index in [-0.39, 0.29) is 0 Å². The van der Waals surface area contributed by atoms with Crippen molar-refractivity contribution >= 4 is 0 Å². The van der Waals surface area contributed by atoms with E-state index in [4.69, 9.17) is 5.73 Å². The Morgan fingerprint density at radius 1 is 1.21 bits per heavy atom. The average Bonchev–Trinajstić information content (AvgIpc) is 2.08. The number of rotatable bonds is 3. The molecule has 14 heavy (non-hydrogen) atoms. The SMILES string of the molecule is CC1CCCN(C2CCC2)C1CCN. The summed E-state index contributed by atoms with van der Waals surface area (Å²) >= 11 is 0. The van der Waals surface area contributed by atoms with E-state index >= 15 is 0 Å². The molecule has 1 saturated carbocycles. The van der Waals surface area contributed by atoms with Crippen LogP contribution in [0.15, 0.2) is 0 Å². The van der Waals surface area contributed by atoms with Gasteiger partial charge in [-0.2, -0.15) is 0 Å². The number of hydrogen-bond acceptors (Lipinski definition) is 2. The van der Waals surface area contributed by atoms with Crippen molar-refractivity contribution in [3.8, 4) is 0 Å². The van der Waals surface area contributed by atoms with Gasteiger partial charge < -0.3 is 5.73 Å². The van der Waals surface area contributed by atoms with Crippen molar-refractivity contribution in [1.82, 2.24) is 4.90 Å². The van der Waals surface area contributed by atoms with Crippen LogP contribution in [0.2, 0.25) is 0 Å². The first-order chi connectivity index (χ1) is 6.83. The second-order valence-electron chi connectivity index (χ2n) is 5.09. The summed E-state index contributed by atoms with van der Waals surface area (Å²) in [6.07, 6.45) is 8.34. The van der Waals surface area contributed by atoms with Gasteiger partial charge in [0.25, 0.3) is 0 Å². The molecule has 0 aromatic carbocycles. The molecule has 0 amide bonds. The predicted molar refractivity (Wildman–Crippen MR) is 60.2 cm³/mol. The lowest BCUT2D eigenvalue weighted by Crippen LogP contribution is -2.52. The van der Waals surface area contributed by atoms with E-state index in [0.717, 1.165) is 24.5 Å². The van der Waals surface area contributed by atoms with E-state index in [9.17, 15) is 0 Å². The molecule has 2 N–H and O–H groups in total. The van der Waals surface area contributed by atoms with Gasteiger partial charge in [-0.3, -0.25) is 4.90 Å². The van der Waals surface area contributed by atoms with Crippen LogP contribution in [0.25, 0.3) is 0 Å². The Balaban J connectivity index is 1.95. The molecule has 1 aliphatic carbocycles. The van der Waals surface area contributed by atoms with E-state index in [1.807, 2.05) is 0 Å². The Kier molecular flexibility index (Phi) is 3.45. The van der Waals surface area contributed by atoms with Crippen molar-refractivity contribution in [2.45, 2.75) is 57.5 Å². The van der Waals surface area contributed by atoms with Crippen molar-refractivity contribution in [3.05, 3.63) is 0 Å². The molecule has 2 aliphatic rings. The van der Waals surface area contributed by atoms with Crippen molar-refractivity contribution in [3.63, 3.8) is 0 Å². The molecule has 2 fully saturated rings. The number of nitrogens with zero attached hydrogens (tertiary/aromatic N) is 1. The van der Waals surface area contributed by atoms with Gasteiger partial charge in [-0.05, 0) is 51.1 Å². The highest BCUT2D eigenvalue weighted by molar-refractivity contribution is 4.90. The van der Waals surface area contributed by atoms with E-state index in [2.05, 4.69) is 11.8 Å². The Labute approximate surface area is 87.8 Å². The summed E-state index contributed by atoms with van der Waals surface area (Å²) in [6, 6.07) is 1.70. The molecular weight excluding hydrogens is 172 g/mol. The fraction of sp³-hybridized carbons (Fsp3) is 1.00. The minimum absolute atomic E-state index is 0.791. The number of nitrogens with two attached hydrogens (primary N) is 1. The molecule has 2 unspecified atom stereocenters. The topological polar surface area (TPSA) is 29.3 Å². The molecule has 1 heterocycles. The van der Waals surface area contributed by atoms with Crippen molar-refractivity contribution in [2.75, 3.05) is 13.1 Å². The van der Waals surface area contributed by atoms with Gasteiger partial charge in [0.05, 0.1) is 0 Å². The van der Waals surface area contributed by atoms with Crippen LogP contribution in [0.4, 0.5) is 0 Å². The zero-order chi connectivity index (χ0) is 9.97. The Morgan fingerprint density at radius 3 is 2.57 bits per heavy atom. The molecule has 1 aliphatic heterocycles. The molecule has 0 radical (unpaired) electrons. The lowest BCUT2D eigenvalue weighted by Gasteiger charge is -2.47. The molecule has 2 atom stereocenters. The standard InChI is InChI=1S/C12H24N2/c1-10-4-3-9-14(11-5-2-6-11)12(10)7-8-13/h10-12H,2-9,13H2,1H3. The van der Waals surface area contributed by atoms with Gasteiger partial charge in [0, 0.05) is 12.1 Å². The first-order valence-corrected chi connectivity index (χ1v) is 6.28. The smallest absolute Gasteiger partial charge is 0.0136 e. The second-order valence-corrected chi connectivity index (χ2v) is 5.09. The summed E-state index contributed by atoms with van der Waals surface area (Å²) in [6.45, 7) is 4.60. The monoisotopic (exact) mass is 196 g/mol. The van der Waals surface area contributed by atoms with Gasteiger partial charge in [-0.1, -0.05) is 13.3 Å². The van der Waals surface area contributed by atoms with Gasteiger partial charge in [-0.15, -0.1) is 0 Å².